The molecule has 3 N–H and O–H groups in total. The fourth-order valence-electron chi connectivity index (χ4n) is 3.50. The van der Waals surface area contributed by atoms with Crippen molar-refractivity contribution >= 4 is 24.1 Å². The Hall–Kier alpha value is -2.46. The molecule has 1 atom stereocenters. The maximum atomic E-state index is 12.6. The molecule has 0 aliphatic carbocycles. The highest BCUT2D eigenvalue weighted by Crippen LogP contribution is 2.17. The molecule has 1 aliphatic rings. The van der Waals surface area contributed by atoms with Crippen molar-refractivity contribution in [3.63, 3.8) is 0 Å². The van der Waals surface area contributed by atoms with Crippen LogP contribution >= 0.6 is 0 Å². The molecule has 2 rings (SSSR count). The lowest BCUT2D eigenvalue weighted by molar-refractivity contribution is -0.154. The summed E-state index contributed by atoms with van der Waals surface area (Å²) in [5.74, 6) is 0.317. The lowest BCUT2D eigenvalue weighted by Gasteiger charge is -2.34. The zero-order chi connectivity index (χ0) is 21.9. The van der Waals surface area contributed by atoms with Crippen LogP contribution in [-0.2, 0) is 9.59 Å². The minimum Gasteiger partial charge on any atom is -0.354 e. The van der Waals surface area contributed by atoms with E-state index in [1.807, 2.05) is 13.0 Å². The van der Waals surface area contributed by atoms with Crippen molar-refractivity contribution in [2.24, 2.45) is 5.92 Å². The summed E-state index contributed by atoms with van der Waals surface area (Å²) in [5, 5.41) is 10.0. The van der Waals surface area contributed by atoms with E-state index >= 15 is 0 Å². The first kappa shape index (κ1) is 23.8. The largest absolute Gasteiger partial charge is 0.354 e. The number of aromatic nitrogens is 2. The first-order valence-electron chi connectivity index (χ1n) is 10.8. The molecule has 10 nitrogen and oxygen atoms in total. The van der Waals surface area contributed by atoms with Crippen molar-refractivity contribution in [1.29, 1.82) is 0 Å². The van der Waals surface area contributed by atoms with Crippen LogP contribution in [0.1, 0.15) is 45.2 Å². The number of nitrogens with one attached hydrogen (secondary N) is 2. The molecule has 0 radical (unpaired) electrons. The summed E-state index contributed by atoms with van der Waals surface area (Å²) in [7, 11) is 0. The van der Waals surface area contributed by atoms with Crippen molar-refractivity contribution < 1.29 is 14.8 Å². The van der Waals surface area contributed by atoms with Crippen LogP contribution in [0.3, 0.4) is 0 Å². The van der Waals surface area contributed by atoms with Gasteiger partial charge in [-0.15, -0.1) is 0 Å². The Balaban J connectivity index is 1.98. The van der Waals surface area contributed by atoms with E-state index in [0.717, 1.165) is 63.5 Å². The molecular weight excluding hydrogens is 386 g/mol. The molecule has 0 aromatic carbocycles. The fraction of sp³-hybridized carbons (Fsp3) is 0.700. The van der Waals surface area contributed by atoms with E-state index < -0.39 is 5.92 Å². The summed E-state index contributed by atoms with van der Waals surface area (Å²) >= 11 is 0. The molecule has 1 fully saturated rings. The number of rotatable bonds is 12. The van der Waals surface area contributed by atoms with Gasteiger partial charge in [0.1, 0.15) is 5.82 Å². The lowest BCUT2D eigenvalue weighted by Crippen LogP contribution is -2.46. The van der Waals surface area contributed by atoms with Gasteiger partial charge in [-0.3, -0.25) is 25.6 Å². The third-order valence-corrected chi connectivity index (χ3v) is 5.34. The second-order valence-corrected chi connectivity index (χ2v) is 7.65. The second kappa shape index (κ2) is 12.3. The van der Waals surface area contributed by atoms with Crippen molar-refractivity contribution in [3.05, 3.63) is 11.8 Å². The summed E-state index contributed by atoms with van der Waals surface area (Å²) < 4.78 is 0. The predicted octanol–water partition coefficient (Wildman–Crippen LogP) is 1.41. The van der Waals surface area contributed by atoms with Crippen LogP contribution in [-0.4, -0.2) is 76.7 Å². The summed E-state index contributed by atoms with van der Waals surface area (Å²) in [6.45, 7) is 10.9. The smallest absolute Gasteiger partial charge is 0.243 e. The number of amides is 2. The zero-order valence-corrected chi connectivity index (χ0v) is 18.3. The Kier molecular flexibility index (Phi) is 9.75. The van der Waals surface area contributed by atoms with E-state index in [4.69, 9.17) is 0 Å². The van der Waals surface area contributed by atoms with Crippen molar-refractivity contribution in [2.75, 3.05) is 49.6 Å². The van der Waals surface area contributed by atoms with Gasteiger partial charge in [0.15, 0.2) is 0 Å². The first-order chi connectivity index (χ1) is 14.5. The van der Waals surface area contributed by atoms with E-state index in [-0.39, 0.29) is 12.5 Å². The van der Waals surface area contributed by atoms with Crippen LogP contribution in [0.5, 0.6) is 0 Å². The highest BCUT2D eigenvalue weighted by atomic mass is 16.5. The van der Waals surface area contributed by atoms with Crippen LogP contribution < -0.4 is 15.8 Å². The number of carbonyl (C=O) groups is 2. The Morgan fingerprint density at radius 1 is 1.27 bits per heavy atom. The van der Waals surface area contributed by atoms with Gasteiger partial charge < -0.3 is 9.80 Å². The summed E-state index contributed by atoms with van der Waals surface area (Å²) in [6.07, 6.45) is 3.74. The van der Waals surface area contributed by atoms with Gasteiger partial charge in [0.2, 0.25) is 18.3 Å². The minimum absolute atomic E-state index is 0.0532. The van der Waals surface area contributed by atoms with Crippen LogP contribution in [0.15, 0.2) is 6.07 Å². The number of hydroxylamine groups is 2. The quantitative estimate of drug-likeness (QED) is 0.201. The third-order valence-electron chi connectivity index (χ3n) is 5.34. The standard InChI is InChI=1S/C20H35N7O3/c1-4-6-7-8-17(14-27(30)15-28)19(29)23-24-20-21-16(3)13-18(22-20)26-11-9-25(5-2)10-12-26/h13,15,17,30H,4-12,14H2,1-3H3,(H,23,29)(H,21,22,24)/t17-/m0/s1. The first-order valence-corrected chi connectivity index (χ1v) is 10.8. The average Bonchev–Trinajstić information content (AvgIpc) is 2.76. The lowest BCUT2D eigenvalue weighted by atomic mass is 10.0. The monoisotopic (exact) mass is 421 g/mol. The van der Waals surface area contributed by atoms with E-state index in [9.17, 15) is 14.8 Å². The number of piperazine rings is 1. The summed E-state index contributed by atoms with van der Waals surface area (Å²) in [6, 6.07) is 1.94. The normalized spacial score (nSPS) is 15.5. The molecule has 0 bridgehead atoms. The van der Waals surface area contributed by atoms with E-state index in [1.54, 1.807) is 0 Å². The van der Waals surface area contributed by atoms with E-state index in [0.29, 0.717) is 23.8 Å². The SMILES string of the molecule is CCCCC[C@@H](CN(O)C=O)C(=O)NNc1nc(C)cc(N2CCN(CC)CC2)n1. The average molecular weight is 422 g/mol. The van der Waals surface area contributed by atoms with E-state index in [1.165, 1.54) is 0 Å². The molecule has 2 amide bonds. The topological polar surface area (TPSA) is 114 Å². The number of carbonyl (C=O) groups excluding carboxylic acids is 2. The van der Waals surface area contributed by atoms with Crippen LogP contribution in [0, 0.1) is 12.8 Å². The molecule has 1 aliphatic heterocycles. The molecule has 0 unspecified atom stereocenters. The molecule has 1 aromatic heterocycles. The summed E-state index contributed by atoms with van der Waals surface area (Å²) in [4.78, 5) is 36.9. The Labute approximate surface area is 178 Å². The molecule has 1 aromatic rings. The van der Waals surface area contributed by atoms with Crippen LogP contribution in [0.2, 0.25) is 0 Å². The third kappa shape index (κ3) is 7.42. The van der Waals surface area contributed by atoms with Gasteiger partial charge in [0.05, 0.1) is 12.5 Å². The Bertz CT molecular complexity index is 680. The zero-order valence-electron chi connectivity index (χ0n) is 18.3. The Morgan fingerprint density at radius 3 is 2.63 bits per heavy atom. The molecule has 2 heterocycles. The number of anilines is 2. The highest BCUT2D eigenvalue weighted by molar-refractivity contribution is 5.80. The van der Waals surface area contributed by atoms with Crippen molar-refractivity contribution in [3.8, 4) is 0 Å². The molecule has 0 spiro atoms. The number of unbranched alkanes of at least 4 members (excludes halogenated alkanes) is 2. The number of hydrazine groups is 1. The van der Waals surface area contributed by atoms with Gasteiger partial charge in [-0.1, -0.05) is 33.1 Å². The molecule has 30 heavy (non-hydrogen) atoms. The van der Waals surface area contributed by atoms with Gasteiger partial charge in [0, 0.05) is 37.9 Å². The highest BCUT2D eigenvalue weighted by Gasteiger charge is 2.21. The maximum absolute atomic E-state index is 12.6. The van der Waals surface area contributed by atoms with E-state index in [2.05, 4.69) is 44.5 Å². The van der Waals surface area contributed by atoms with Crippen molar-refractivity contribution in [2.45, 2.75) is 46.5 Å². The number of aryl methyl sites for hydroxylation is 1. The number of hydrogen-bond acceptors (Lipinski definition) is 8. The molecular formula is C20H35N7O3. The summed E-state index contributed by atoms with van der Waals surface area (Å²) in [5.41, 5.74) is 6.24. The fourth-order valence-corrected chi connectivity index (χ4v) is 3.50. The number of nitrogens with zero attached hydrogens (tertiary/aromatic N) is 5. The van der Waals surface area contributed by atoms with Gasteiger partial charge in [-0.2, -0.15) is 4.98 Å². The molecule has 168 valence electrons. The number of likely N-dealkylation sites (N-methyl/N-ethyl adjacent to an activating group) is 1. The predicted molar refractivity (Wildman–Crippen MR) is 115 cm³/mol. The van der Waals surface area contributed by atoms with Crippen LogP contribution in [0.4, 0.5) is 11.8 Å². The van der Waals surface area contributed by atoms with Crippen LogP contribution in [0.25, 0.3) is 0 Å². The Morgan fingerprint density at radius 2 is 2.00 bits per heavy atom. The number of hydrogen-bond donors (Lipinski definition) is 3. The minimum atomic E-state index is -0.523. The van der Waals surface area contributed by atoms with Crippen molar-refractivity contribution in [1.82, 2.24) is 25.4 Å². The molecule has 0 saturated carbocycles. The second-order valence-electron chi connectivity index (χ2n) is 7.65. The van der Waals surface area contributed by atoms with Gasteiger partial charge in [-0.05, 0) is 19.9 Å². The molecule has 10 heteroatoms. The van der Waals surface area contributed by atoms with Gasteiger partial charge in [-0.25, -0.2) is 10.0 Å². The van der Waals surface area contributed by atoms with Gasteiger partial charge in [0.25, 0.3) is 0 Å². The van der Waals surface area contributed by atoms with Gasteiger partial charge >= 0.3 is 0 Å². The maximum Gasteiger partial charge on any atom is 0.243 e. The molecule has 1 saturated heterocycles.